The van der Waals surface area contributed by atoms with Crippen LogP contribution in [0.4, 0.5) is 73.5 Å². The SMILES string of the molecule is CC1CN(C(=O)Nc2ccc(N3CCC(O)(c4ccc(Cl)cc4)CC3)cc2)CCC1NS(=O)(=O)C(C)C.CCc1c(N2C[C@@H](C)O[C@@H](C)C2)ccc(NC(=O)N2CCC(NS(=O)(=O)C(C)C)CC2)c1F.Cc1c(N2C[C@@H](C)O[C@@H](C)C2)ccc(NC(=O)N2CCC(NS(=O)(=O)C(C)C)CC2)c1F.Cc1cc(NC(=O)N2CCC(NS(=O)(=O)C(C)C)CC2)ccc1N1CCC(O)(c2ccc(Cl)cc2)CC1. The second-order valence-corrected chi connectivity index (χ2v) is 49.4. The normalized spacial score (nSPS) is 21.6. The minimum atomic E-state index is -3.35. The van der Waals surface area contributed by atoms with Crippen molar-refractivity contribution in [3.63, 3.8) is 0 Å². The van der Waals surface area contributed by atoms with Gasteiger partial charge in [0.25, 0.3) is 0 Å². The van der Waals surface area contributed by atoms with Crippen molar-refractivity contribution in [1.29, 1.82) is 0 Å². The third-order valence-electron chi connectivity index (χ3n) is 27.5. The number of carbonyl (C=O) groups is 4. The lowest BCUT2D eigenvalue weighted by atomic mass is 9.84. The number of hydrogen-bond acceptors (Lipinski definition) is 20. The van der Waals surface area contributed by atoms with Gasteiger partial charge in [-0.2, -0.15) is 0 Å². The van der Waals surface area contributed by atoms with Crippen LogP contribution >= 0.6 is 23.2 Å². The van der Waals surface area contributed by atoms with E-state index < -0.39 is 83.9 Å². The van der Waals surface area contributed by atoms with E-state index in [2.05, 4.69) is 59.8 Å². The highest BCUT2D eigenvalue weighted by molar-refractivity contribution is 7.90. The number of ether oxygens (including phenoxy) is 2. The maximum atomic E-state index is 15.4. The molecule has 8 amide bonds. The number of morpholine rings is 2. The zero-order valence-corrected chi connectivity index (χ0v) is 87.9. The largest absolute Gasteiger partial charge is 0.385 e. The van der Waals surface area contributed by atoms with E-state index in [0.29, 0.717) is 182 Å². The first kappa shape index (κ1) is 111. The lowest BCUT2D eigenvalue weighted by Gasteiger charge is -2.40. The number of likely N-dealkylation sites (tertiary alicyclic amines) is 4. The molecule has 32 nitrogen and oxygen atoms in total. The molecule has 6 atom stereocenters. The van der Waals surface area contributed by atoms with Gasteiger partial charge in [-0.3, -0.25) is 0 Å². The molecule has 8 saturated heterocycles. The molecule has 2 unspecified atom stereocenters. The number of aryl methyl sites for hydroxylation is 1. The monoisotopic (exact) mass is 2050 g/mol. The fourth-order valence-electron chi connectivity index (χ4n) is 18.7. The zero-order chi connectivity index (χ0) is 102. The Balaban J connectivity index is 0.000000178. The summed E-state index contributed by atoms with van der Waals surface area (Å²) in [5.41, 5.74) is 7.73. The molecule has 139 heavy (non-hydrogen) atoms. The summed E-state index contributed by atoms with van der Waals surface area (Å²) in [7, 11) is -13.4. The summed E-state index contributed by atoms with van der Waals surface area (Å²) >= 11 is 12.0. The van der Waals surface area contributed by atoms with Gasteiger partial charge in [-0.15, -0.1) is 0 Å². The molecule has 0 aliphatic carbocycles. The van der Waals surface area contributed by atoms with Gasteiger partial charge >= 0.3 is 24.1 Å². The number of halogens is 4. The van der Waals surface area contributed by atoms with Gasteiger partial charge in [0.1, 0.15) is 0 Å². The van der Waals surface area contributed by atoms with Gasteiger partial charge in [0.15, 0.2) is 11.6 Å². The van der Waals surface area contributed by atoms with E-state index in [9.17, 15) is 63.1 Å². The van der Waals surface area contributed by atoms with Crippen LogP contribution in [0.5, 0.6) is 0 Å². The van der Waals surface area contributed by atoms with Crippen LogP contribution in [-0.4, -0.2) is 262 Å². The number of nitrogens with zero attached hydrogens (tertiary/aromatic N) is 8. The molecule has 0 aromatic heterocycles. The molecule has 10 N–H and O–H groups in total. The average Bonchev–Trinajstić information content (AvgIpc) is 0.851. The lowest BCUT2D eigenvalue weighted by Crippen LogP contribution is -2.53. The van der Waals surface area contributed by atoms with Crippen molar-refractivity contribution in [3.8, 4) is 0 Å². The third-order valence-corrected chi connectivity index (χ3v) is 35.6. The first-order chi connectivity index (χ1) is 65.4. The van der Waals surface area contributed by atoms with Crippen molar-refractivity contribution >= 4 is 133 Å². The van der Waals surface area contributed by atoms with E-state index in [4.69, 9.17) is 32.7 Å². The van der Waals surface area contributed by atoms with Crippen LogP contribution in [0, 0.1) is 31.4 Å². The standard InChI is InChI=1S/2C27H37ClN4O4S.C23H37FN4O4S.C22H35FN4O4S/c1-19(2)37(35,36)30-25-12-15-32(18-20(25)3)26(33)29-23-8-10-24(11-9-23)31-16-13-27(34,14-17-31)21-4-6-22(28)7-5-21;1-19(2)37(35,36)30-23-10-14-32(15-11-23)26(33)29-24-8-9-25(20(3)18-24)31-16-12-27(34,13-17-31)21-4-6-22(28)7-5-21;1-6-19-21(28-13-16(4)32-17(5)14-28)8-7-20(22(19)24)25-23(29)27-11-9-18(10-12-27)26-33(30,31)15(2)3;1-14(2)32(29,30)25-18-8-10-26(11-9-18)22(28)24-19-6-7-20(17(5)21(19)23)27-12-15(3)31-16(4)13-27/h4-11,19-20,25,30,34H,12-18H2,1-3H3,(H,29,33);4-9,18-19,23,30,34H,10-17H2,1-3H3,(H,29,33);7-8,15-18,26H,6,9-14H2,1-5H3,(H,25,29);6-7,14-16,18,25H,8-13H2,1-5H3,(H,24,28)/t;;16-,17+;15-,16+. The minimum absolute atomic E-state index is 0.0148. The predicted molar refractivity (Wildman–Crippen MR) is 550 cm³/mol. The van der Waals surface area contributed by atoms with Crippen LogP contribution in [0.15, 0.2) is 115 Å². The number of urea groups is 4. The fraction of sp³-hybridized carbons (Fsp3) is 0.596. The number of aliphatic hydroxyl groups is 2. The van der Waals surface area contributed by atoms with E-state index in [0.717, 1.165) is 71.3 Å². The number of carbonyl (C=O) groups excluding carboxylic acids is 4. The highest BCUT2D eigenvalue weighted by Gasteiger charge is 2.40. The van der Waals surface area contributed by atoms with Crippen LogP contribution in [0.1, 0.15) is 195 Å². The van der Waals surface area contributed by atoms with Crippen LogP contribution < -0.4 is 59.8 Å². The number of anilines is 8. The molecule has 8 fully saturated rings. The van der Waals surface area contributed by atoms with Crippen LogP contribution in [-0.2, 0) is 67.2 Å². The summed E-state index contributed by atoms with van der Waals surface area (Å²) in [6.45, 7) is 38.0. The molecule has 6 aromatic rings. The van der Waals surface area contributed by atoms with E-state index in [1.54, 1.807) is 94.0 Å². The van der Waals surface area contributed by atoms with E-state index in [1.165, 1.54) is 0 Å². The maximum Gasteiger partial charge on any atom is 0.321 e. The molecule has 0 bridgehead atoms. The number of benzene rings is 6. The first-order valence-corrected chi connectivity index (χ1v) is 55.7. The smallest absolute Gasteiger partial charge is 0.321 e. The fourth-order valence-corrected chi connectivity index (χ4v) is 23.0. The van der Waals surface area contributed by atoms with Crippen molar-refractivity contribution in [1.82, 2.24) is 38.5 Å². The number of amides is 8. The van der Waals surface area contributed by atoms with Crippen molar-refractivity contribution in [3.05, 3.63) is 165 Å². The number of rotatable bonds is 23. The van der Waals surface area contributed by atoms with Gasteiger partial charge in [-0.25, -0.2) is 80.5 Å². The Hall–Kier alpha value is -8.48. The van der Waals surface area contributed by atoms with Crippen molar-refractivity contribution < 1.29 is 81.3 Å². The maximum absolute atomic E-state index is 15.4. The van der Waals surface area contributed by atoms with E-state index in [1.807, 2.05) is 152 Å². The molecule has 14 rings (SSSR count). The van der Waals surface area contributed by atoms with Crippen molar-refractivity contribution in [2.24, 2.45) is 5.92 Å². The van der Waals surface area contributed by atoms with E-state index >= 15 is 8.78 Å². The number of hydrogen-bond donors (Lipinski definition) is 10. The van der Waals surface area contributed by atoms with Crippen molar-refractivity contribution in [2.45, 2.75) is 269 Å². The molecule has 6 aromatic carbocycles. The molecule has 0 radical (unpaired) electrons. The molecular weight excluding hydrogens is 1910 g/mol. The summed E-state index contributed by atoms with van der Waals surface area (Å²) in [6, 6.07) is 33.6. The van der Waals surface area contributed by atoms with Gasteiger partial charge < -0.3 is 80.2 Å². The van der Waals surface area contributed by atoms with Crippen molar-refractivity contribution in [2.75, 3.05) is 146 Å². The Labute approximate surface area is 832 Å². The Kier molecular flexibility index (Phi) is 38.5. The molecular formula is C99H146Cl2F2N16O16S4. The average molecular weight is 2050 g/mol. The first-order valence-electron chi connectivity index (χ1n) is 48.8. The Morgan fingerprint density at radius 2 is 0.741 bits per heavy atom. The summed E-state index contributed by atoms with van der Waals surface area (Å²) in [4.78, 5) is 66.6. The van der Waals surface area contributed by atoms with Crippen LogP contribution in [0.3, 0.4) is 0 Å². The quantitative estimate of drug-likeness (QED) is 0.0285. The molecule has 8 aliphatic heterocycles. The molecule has 8 heterocycles. The van der Waals surface area contributed by atoms with Gasteiger partial charge in [0, 0.05) is 184 Å². The number of sulfonamides is 4. The van der Waals surface area contributed by atoms with Gasteiger partial charge in [-0.05, 0) is 288 Å². The second kappa shape index (κ2) is 48.3. The molecule has 40 heteroatoms. The summed E-state index contributed by atoms with van der Waals surface area (Å²) in [5, 5.41) is 33.0. The minimum Gasteiger partial charge on any atom is -0.385 e. The lowest BCUT2D eigenvalue weighted by molar-refractivity contribution is -0.00554. The Bertz CT molecular complexity index is 5610. The summed E-state index contributed by atoms with van der Waals surface area (Å²) in [5.74, 6) is -0.835. The Morgan fingerprint density at radius 1 is 0.403 bits per heavy atom. The molecule has 8 aliphatic rings. The van der Waals surface area contributed by atoms with Gasteiger partial charge in [0.2, 0.25) is 40.1 Å². The van der Waals surface area contributed by atoms with Gasteiger partial charge in [-0.1, -0.05) is 61.3 Å². The highest BCUT2D eigenvalue weighted by Crippen LogP contribution is 2.40. The highest BCUT2D eigenvalue weighted by atomic mass is 35.5. The molecule has 0 spiro atoms. The number of piperidine rings is 6. The predicted octanol–water partition coefficient (Wildman–Crippen LogP) is 15.3. The number of nitrogens with one attached hydrogen (secondary N) is 8. The summed E-state index contributed by atoms with van der Waals surface area (Å²) in [6.07, 6.45) is 7.09. The van der Waals surface area contributed by atoms with E-state index in [-0.39, 0.29) is 90.0 Å². The van der Waals surface area contributed by atoms with Crippen LogP contribution in [0.2, 0.25) is 10.0 Å². The second-order valence-electron chi connectivity index (χ2n) is 39.4. The topological polar surface area (TPSA) is 386 Å². The summed E-state index contributed by atoms with van der Waals surface area (Å²) < 4.78 is 150. The zero-order valence-electron chi connectivity index (χ0n) is 83.1. The van der Waals surface area contributed by atoms with Crippen LogP contribution in [0.25, 0.3) is 0 Å². The Morgan fingerprint density at radius 3 is 1.13 bits per heavy atom. The molecule has 770 valence electrons. The third kappa shape index (κ3) is 29.9. The van der Waals surface area contributed by atoms with Gasteiger partial charge in [0.05, 0.1) is 68.0 Å². The molecule has 0 saturated carbocycles.